The van der Waals surface area contributed by atoms with Crippen molar-refractivity contribution in [2.45, 2.75) is 26.3 Å². The molecule has 3 N–H and O–H groups in total. The van der Waals surface area contributed by atoms with Gasteiger partial charge in [-0.3, -0.25) is 4.79 Å². The highest BCUT2D eigenvalue weighted by Crippen LogP contribution is 2.00. The van der Waals surface area contributed by atoms with Gasteiger partial charge < -0.3 is 18.1 Å². The molecule has 0 aliphatic carbocycles. The standard InChI is InChI=1S/C6H13NO.ClH/c1-3-5(2)6(7)4-8;/h4-6H,3,7H2,1-2H3;1H. The predicted octanol–water partition coefficient (Wildman–Crippen LogP) is -3.15. The maximum Gasteiger partial charge on any atom is 0.177 e. The van der Waals surface area contributed by atoms with Crippen LogP contribution in [0.2, 0.25) is 0 Å². The molecule has 0 amide bonds. The van der Waals surface area contributed by atoms with Crippen LogP contribution >= 0.6 is 0 Å². The highest BCUT2D eigenvalue weighted by molar-refractivity contribution is 5.55. The zero-order valence-electron chi connectivity index (χ0n) is 5.93. The first-order chi connectivity index (χ1) is 3.72. The van der Waals surface area contributed by atoms with Crippen molar-refractivity contribution >= 4 is 6.29 Å². The van der Waals surface area contributed by atoms with Gasteiger partial charge in [0.15, 0.2) is 6.29 Å². The molecule has 0 saturated heterocycles. The molecule has 0 aliphatic rings. The van der Waals surface area contributed by atoms with E-state index < -0.39 is 0 Å². The third-order valence-corrected chi connectivity index (χ3v) is 1.55. The number of quaternary nitrogens is 1. The SMILES string of the molecule is CCC(C)C([NH3+])C=O.[Cl-]. The Kier molecular flexibility index (Phi) is 7.85. The van der Waals surface area contributed by atoms with Crippen LogP contribution in [-0.4, -0.2) is 12.3 Å². The van der Waals surface area contributed by atoms with Crippen LogP contribution < -0.4 is 18.1 Å². The fourth-order valence-electron chi connectivity index (χ4n) is 0.437. The molecule has 9 heavy (non-hydrogen) atoms. The Morgan fingerprint density at radius 3 is 2.22 bits per heavy atom. The Morgan fingerprint density at radius 1 is 1.67 bits per heavy atom. The van der Waals surface area contributed by atoms with Crippen molar-refractivity contribution < 1.29 is 22.9 Å². The van der Waals surface area contributed by atoms with E-state index in [9.17, 15) is 4.79 Å². The maximum absolute atomic E-state index is 10.0. The lowest BCUT2D eigenvalue weighted by atomic mass is 10.0. The van der Waals surface area contributed by atoms with Crippen molar-refractivity contribution in [3.8, 4) is 0 Å². The largest absolute Gasteiger partial charge is 1.00 e. The fourth-order valence-corrected chi connectivity index (χ4v) is 0.437. The summed E-state index contributed by atoms with van der Waals surface area (Å²) < 4.78 is 0. The first kappa shape index (κ1) is 11.7. The van der Waals surface area contributed by atoms with Gasteiger partial charge >= 0.3 is 0 Å². The van der Waals surface area contributed by atoms with Crippen molar-refractivity contribution in [3.05, 3.63) is 0 Å². The minimum atomic E-state index is -0.0139. The summed E-state index contributed by atoms with van der Waals surface area (Å²) >= 11 is 0. The molecular formula is C6H14ClNO. The van der Waals surface area contributed by atoms with E-state index in [0.717, 1.165) is 12.7 Å². The molecule has 0 saturated carbocycles. The molecule has 0 aromatic rings. The summed E-state index contributed by atoms with van der Waals surface area (Å²) in [6, 6.07) is -0.0139. The van der Waals surface area contributed by atoms with Gasteiger partial charge in [0.25, 0.3) is 0 Å². The van der Waals surface area contributed by atoms with E-state index in [1.165, 1.54) is 0 Å². The van der Waals surface area contributed by atoms with Crippen molar-refractivity contribution in [1.82, 2.24) is 0 Å². The van der Waals surface area contributed by atoms with E-state index in [-0.39, 0.29) is 18.4 Å². The summed E-state index contributed by atoms with van der Waals surface area (Å²) in [6.45, 7) is 4.10. The highest BCUT2D eigenvalue weighted by atomic mass is 35.5. The van der Waals surface area contributed by atoms with Crippen molar-refractivity contribution in [1.29, 1.82) is 0 Å². The molecule has 3 heteroatoms. The molecule has 0 rings (SSSR count). The topological polar surface area (TPSA) is 44.7 Å². The number of hydrogen-bond acceptors (Lipinski definition) is 1. The monoisotopic (exact) mass is 151 g/mol. The van der Waals surface area contributed by atoms with Gasteiger partial charge in [-0.25, -0.2) is 0 Å². The molecule has 0 fully saturated rings. The second-order valence-electron chi connectivity index (χ2n) is 2.19. The predicted molar refractivity (Wildman–Crippen MR) is 32.2 cm³/mol. The van der Waals surface area contributed by atoms with Gasteiger partial charge in [0.1, 0.15) is 6.04 Å². The smallest absolute Gasteiger partial charge is 0.177 e. The average molecular weight is 152 g/mol. The van der Waals surface area contributed by atoms with Gasteiger partial charge in [-0.1, -0.05) is 13.8 Å². The Morgan fingerprint density at radius 2 is 2.11 bits per heavy atom. The first-order valence-electron chi connectivity index (χ1n) is 3.00. The summed E-state index contributed by atoms with van der Waals surface area (Å²) in [5, 5.41) is 0. The van der Waals surface area contributed by atoms with Crippen LogP contribution in [0.1, 0.15) is 20.3 Å². The van der Waals surface area contributed by atoms with Crippen LogP contribution in [0.3, 0.4) is 0 Å². The minimum Gasteiger partial charge on any atom is -1.00 e. The molecule has 2 atom stereocenters. The first-order valence-corrected chi connectivity index (χ1v) is 3.00. The lowest BCUT2D eigenvalue weighted by Gasteiger charge is -2.06. The van der Waals surface area contributed by atoms with E-state index in [4.69, 9.17) is 0 Å². The molecule has 0 bridgehead atoms. The molecule has 0 heterocycles. The van der Waals surface area contributed by atoms with Gasteiger partial charge in [-0.2, -0.15) is 0 Å². The van der Waals surface area contributed by atoms with Gasteiger partial charge in [0.05, 0.1) is 0 Å². The van der Waals surface area contributed by atoms with Crippen molar-refractivity contribution in [2.75, 3.05) is 0 Å². The Balaban J connectivity index is 0. The normalized spacial score (nSPS) is 15.4. The van der Waals surface area contributed by atoms with Crippen LogP contribution in [0.15, 0.2) is 0 Å². The van der Waals surface area contributed by atoms with E-state index in [1.54, 1.807) is 0 Å². The molecule has 0 spiro atoms. The number of hydrogen-bond donors (Lipinski definition) is 1. The van der Waals surface area contributed by atoms with Gasteiger partial charge in [0.2, 0.25) is 0 Å². The molecule has 2 unspecified atom stereocenters. The minimum absolute atomic E-state index is 0. The van der Waals surface area contributed by atoms with Crippen LogP contribution in [0, 0.1) is 5.92 Å². The van der Waals surface area contributed by atoms with Gasteiger partial charge in [0, 0.05) is 5.92 Å². The Bertz CT molecular complexity index is 77.5. The molecule has 0 aliphatic heterocycles. The third kappa shape index (κ3) is 4.43. The number of carbonyl (C=O) groups excluding carboxylic acids is 1. The zero-order chi connectivity index (χ0) is 6.57. The average Bonchev–Trinajstić information content (AvgIpc) is 1.84. The Labute approximate surface area is 62.2 Å². The van der Waals surface area contributed by atoms with Gasteiger partial charge in [-0.15, -0.1) is 0 Å². The van der Waals surface area contributed by atoms with Crippen molar-refractivity contribution in [2.24, 2.45) is 5.92 Å². The number of aldehydes is 1. The van der Waals surface area contributed by atoms with E-state index in [0.29, 0.717) is 5.92 Å². The third-order valence-electron chi connectivity index (χ3n) is 1.55. The second kappa shape index (κ2) is 6.05. The van der Waals surface area contributed by atoms with E-state index in [1.807, 2.05) is 6.92 Å². The highest BCUT2D eigenvalue weighted by Gasteiger charge is 2.11. The molecule has 0 aromatic heterocycles. The Hall–Kier alpha value is -0.0800. The summed E-state index contributed by atoms with van der Waals surface area (Å²) in [5.41, 5.74) is 3.66. The van der Waals surface area contributed by atoms with Crippen molar-refractivity contribution in [3.63, 3.8) is 0 Å². The summed E-state index contributed by atoms with van der Waals surface area (Å²) in [7, 11) is 0. The summed E-state index contributed by atoms with van der Waals surface area (Å²) in [4.78, 5) is 10.0. The van der Waals surface area contributed by atoms with Crippen LogP contribution in [-0.2, 0) is 4.79 Å². The second-order valence-corrected chi connectivity index (χ2v) is 2.19. The van der Waals surface area contributed by atoms with E-state index >= 15 is 0 Å². The van der Waals surface area contributed by atoms with Crippen LogP contribution in [0.5, 0.6) is 0 Å². The fraction of sp³-hybridized carbons (Fsp3) is 0.833. The lowest BCUT2D eigenvalue weighted by Crippen LogP contribution is -3.00. The summed E-state index contributed by atoms with van der Waals surface area (Å²) in [6.07, 6.45) is 1.95. The summed E-state index contributed by atoms with van der Waals surface area (Å²) in [5.74, 6) is 0.437. The zero-order valence-corrected chi connectivity index (χ0v) is 6.69. The van der Waals surface area contributed by atoms with Crippen LogP contribution in [0.4, 0.5) is 0 Å². The van der Waals surface area contributed by atoms with Crippen LogP contribution in [0.25, 0.3) is 0 Å². The number of carbonyl (C=O) groups is 1. The molecular weight excluding hydrogens is 138 g/mol. The molecule has 0 aromatic carbocycles. The van der Waals surface area contributed by atoms with E-state index in [2.05, 4.69) is 12.7 Å². The number of rotatable bonds is 3. The number of halogens is 1. The lowest BCUT2D eigenvalue weighted by molar-refractivity contribution is -0.411. The molecule has 56 valence electrons. The molecule has 0 radical (unpaired) electrons. The molecule has 2 nitrogen and oxygen atoms in total. The maximum atomic E-state index is 10.0. The quantitative estimate of drug-likeness (QED) is 0.426. The van der Waals surface area contributed by atoms with Gasteiger partial charge in [-0.05, 0) is 6.42 Å².